The summed E-state index contributed by atoms with van der Waals surface area (Å²) < 4.78 is 5.15. The van der Waals surface area contributed by atoms with Crippen LogP contribution in [-0.4, -0.2) is 15.2 Å². The number of hydrogen-bond acceptors (Lipinski definition) is 5. The molecule has 1 heterocycles. The van der Waals surface area contributed by atoms with Crippen LogP contribution in [0.1, 0.15) is 38.1 Å². The fourth-order valence-electron chi connectivity index (χ4n) is 1.70. The summed E-state index contributed by atoms with van der Waals surface area (Å²) in [6.07, 6.45) is 2.95. The van der Waals surface area contributed by atoms with Gasteiger partial charge in [0, 0.05) is 5.56 Å². The van der Waals surface area contributed by atoms with Gasteiger partial charge in [-0.3, -0.25) is 0 Å². The van der Waals surface area contributed by atoms with Gasteiger partial charge in [-0.05, 0) is 18.6 Å². The number of benzene rings is 1. The van der Waals surface area contributed by atoms with Crippen LogP contribution in [0.15, 0.2) is 28.8 Å². The standard InChI is InChI=1S/C13H17N3O2/c1-2-3-7-11(14)13-15-12(16-18-13)9-5-4-6-10(17)8-9/h4-6,8,11,17H,2-3,7,14H2,1H3/t11-/m0/s1. The van der Waals surface area contributed by atoms with Crippen molar-refractivity contribution in [1.82, 2.24) is 10.1 Å². The molecule has 3 N–H and O–H groups in total. The van der Waals surface area contributed by atoms with Gasteiger partial charge in [0.15, 0.2) is 0 Å². The summed E-state index contributed by atoms with van der Waals surface area (Å²) in [5, 5.41) is 13.3. The van der Waals surface area contributed by atoms with Gasteiger partial charge < -0.3 is 15.4 Å². The molecule has 2 aromatic rings. The lowest BCUT2D eigenvalue weighted by Gasteiger charge is -2.03. The molecule has 1 aromatic carbocycles. The van der Waals surface area contributed by atoms with Crippen molar-refractivity contribution >= 4 is 0 Å². The summed E-state index contributed by atoms with van der Waals surface area (Å²) in [5.41, 5.74) is 6.67. The van der Waals surface area contributed by atoms with Crippen molar-refractivity contribution in [2.45, 2.75) is 32.2 Å². The summed E-state index contributed by atoms with van der Waals surface area (Å²) in [6, 6.07) is 6.51. The SMILES string of the molecule is CCCC[C@H](N)c1nc(-c2cccc(O)c2)no1. The fraction of sp³-hybridized carbons (Fsp3) is 0.385. The Labute approximate surface area is 106 Å². The summed E-state index contributed by atoms with van der Waals surface area (Å²) in [6.45, 7) is 2.11. The van der Waals surface area contributed by atoms with Gasteiger partial charge in [-0.25, -0.2) is 0 Å². The normalized spacial score (nSPS) is 12.6. The Kier molecular flexibility index (Phi) is 3.94. The van der Waals surface area contributed by atoms with E-state index in [1.165, 1.54) is 0 Å². The average molecular weight is 247 g/mol. The molecule has 5 heteroatoms. The van der Waals surface area contributed by atoms with E-state index in [-0.39, 0.29) is 11.8 Å². The van der Waals surface area contributed by atoms with E-state index in [1.807, 2.05) is 6.07 Å². The maximum atomic E-state index is 9.40. The Balaban J connectivity index is 2.15. The molecule has 1 aromatic heterocycles. The van der Waals surface area contributed by atoms with Crippen LogP contribution in [0.4, 0.5) is 0 Å². The van der Waals surface area contributed by atoms with Crippen molar-refractivity contribution in [3.63, 3.8) is 0 Å². The van der Waals surface area contributed by atoms with Crippen molar-refractivity contribution in [3.8, 4) is 17.1 Å². The minimum absolute atomic E-state index is 0.175. The molecule has 0 aliphatic heterocycles. The van der Waals surface area contributed by atoms with E-state index in [1.54, 1.807) is 18.2 Å². The average Bonchev–Trinajstić information content (AvgIpc) is 2.85. The number of nitrogens with zero attached hydrogens (tertiary/aromatic N) is 2. The van der Waals surface area contributed by atoms with Gasteiger partial charge in [-0.1, -0.05) is 37.1 Å². The highest BCUT2D eigenvalue weighted by molar-refractivity contribution is 5.56. The number of aromatic hydroxyl groups is 1. The Bertz CT molecular complexity index is 510. The number of rotatable bonds is 5. The Morgan fingerprint density at radius 1 is 1.44 bits per heavy atom. The molecule has 0 radical (unpaired) electrons. The first-order valence-corrected chi connectivity index (χ1v) is 6.09. The smallest absolute Gasteiger partial charge is 0.243 e. The summed E-state index contributed by atoms with van der Waals surface area (Å²) in [4.78, 5) is 4.26. The topological polar surface area (TPSA) is 85.2 Å². The molecule has 0 saturated carbocycles. The maximum absolute atomic E-state index is 9.40. The molecule has 96 valence electrons. The zero-order valence-corrected chi connectivity index (χ0v) is 10.3. The molecule has 0 aliphatic rings. The van der Waals surface area contributed by atoms with Crippen LogP contribution in [0.5, 0.6) is 5.75 Å². The highest BCUT2D eigenvalue weighted by atomic mass is 16.5. The van der Waals surface area contributed by atoms with Crippen molar-refractivity contribution in [2.24, 2.45) is 5.73 Å². The van der Waals surface area contributed by atoms with E-state index >= 15 is 0 Å². The Morgan fingerprint density at radius 2 is 2.28 bits per heavy atom. The molecular formula is C13H17N3O2. The van der Waals surface area contributed by atoms with Gasteiger partial charge in [0.05, 0.1) is 6.04 Å². The molecule has 18 heavy (non-hydrogen) atoms. The number of phenolic OH excluding ortho intramolecular Hbond substituents is 1. The van der Waals surface area contributed by atoms with Crippen molar-refractivity contribution in [3.05, 3.63) is 30.2 Å². The Hall–Kier alpha value is -1.88. The van der Waals surface area contributed by atoms with Crippen LogP contribution in [0.2, 0.25) is 0 Å². The Morgan fingerprint density at radius 3 is 3.00 bits per heavy atom. The molecule has 0 unspecified atom stereocenters. The molecule has 1 atom stereocenters. The molecule has 0 fully saturated rings. The quantitative estimate of drug-likeness (QED) is 0.848. The van der Waals surface area contributed by atoms with Crippen molar-refractivity contribution < 1.29 is 9.63 Å². The van der Waals surface area contributed by atoms with Crippen LogP contribution in [0.3, 0.4) is 0 Å². The van der Waals surface area contributed by atoms with Crippen LogP contribution in [0, 0.1) is 0 Å². The zero-order valence-electron chi connectivity index (χ0n) is 10.3. The van der Waals surface area contributed by atoms with Gasteiger partial charge >= 0.3 is 0 Å². The van der Waals surface area contributed by atoms with Crippen LogP contribution in [-0.2, 0) is 0 Å². The molecule has 0 bridgehead atoms. The lowest BCUT2D eigenvalue weighted by atomic mass is 10.1. The summed E-state index contributed by atoms with van der Waals surface area (Å²) in [5.74, 6) is 1.07. The monoisotopic (exact) mass is 247 g/mol. The summed E-state index contributed by atoms with van der Waals surface area (Å²) in [7, 11) is 0. The number of unbranched alkanes of at least 4 members (excludes halogenated alkanes) is 1. The predicted molar refractivity (Wildman–Crippen MR) is 67.9 cm³/mol. The van der Waals surface area contributed by atoms with E-state index in [2.05, 4.69) is 17.1 Å². The largest absolute Gasteiger partial charge is 0.508 e. The van der Waals surface area contributed by atoms with Crippen LogP contribution >= 0.6 is 0 Å². The molecular weight excluding hydrogens is 230 g/mol. The number of nitrogens with two attached hydrogens (primary N) is 1. The molecule has 0 saturated heterocycles. The zero-order chi connectivity index (χ0) is 13.0. The second-order valence-corrected chi connectivity index (χ2v) is 4.26. The van der Waals surface area contributed by atoms with Gasteiger partial charge in [-0.15, -0.1) is 0 Å². The molecule has 0 spiro atoms. The summed E-state index contributed by atoms with van der Waals surface area (Å²) >= 11 is 0. The molecule has 2 rings (SSSR count). The number of phenols is 1. The first-order valence-electron chi connectivity index (χ1n) is 6.09. The van der Waals surface area contributed by atoms with Gasteiger partial charge in [-0.2, -0.15) is 4.98 Å². The highest BCUT2D eigenvalue weighted by Crippen LogP contribution is 2.22. The minimum atomic E-state index is -0.219. The van der Waals surface area contributed by atoms with E-state index in [4.69, 9.17) is 10.3 Å². The fourth-order valence-corrected chi connectivity index (χ4v) is 1.70. The minimum Gasteiger partial charge on any atom is -0.508 e. The van der Waals surface area contributed by atoms with Crippen molar-refractivity contribution in [2.75, 3.05) is 0 Å². The molecule has 0 aliphatic carbocycles. The second kappa shape index (κ2) is 5.64. The third-order valence-electron chi connectivity index (χ3n) is 2.73. The molecule has 5 nitrogen and oxygen atoms in total. The number of aromatic nitrogens is 2. The number of hydrogen-bond donors (Lipinski definition) is 2. The maximum Gasteiger partial charge on any atom is 0.243 e. The van der Waals surface area contributed by atoms with E-state index < -0.39 is 0 Å². The first-order chi connectivity index (χ1) is 8.70. The van der Waals surface area contributed by atoms with Crippen LogP contribution < -0.4 is 5.73 Å². The van der Waals surface area contributed by atoms with Gasteiger partial charge in [0.25, 0.3) is 0 Å². The lowest BCUT2D eigenvalue weighted by Crippen LogP contribution is -2.10. The van der Waals surface area contributed by atoms with E-state index in [9.17, 15) is 5.11 Å². The van der Waals surface area contributed by atoms with E-state index in [0.717, 1.165) is 19.3 Å². The van der Waals surface area contributed by atoms with Gasteiger partial charge in [0.2, 0.25) is 11.7 Å². The van der Waals surface area contributed by atoms with Crippen LogP contribution in [0.25, 0.3) is 11.4 Å². The lowest BCUT2D eigenvalue weighted by molar-refractivity contribution is 0.346. The predicted octanol–water partition coefficient (Wildman–Crippen LogP) is 2.63. The third kappa shape index (κ3) is 2.87. The highest BCUT2D eigenvalue weighted by Gasteiger charge is 2.15. The second-order valence-electron chi connectivity index (χ2n) is 4.26. The third-order valence-corrected chi connectivity index (χ3v) is 2.73. The van der Waals surface area contributed by atoms with Gasteiger partial charge in [0.1, 0.15) is 5.75 Å². The van der Waals surface area contributed by atoms with Crippen molar-refractivity contribution in [1.29, 1.82) is 0 Å². The first kappa shape index (κ1) is 12.6. The molecule has 0 amide bonds. The van der Waals surface area contributed by atoms with E-state index in [0.29, 0.717) is 17.3 Å².